The first-order valence-corrected chi connectivity index (χ1v) is 7.86. The molecule has 21 heavy (non-hydrogen) atoms. The Labute approximate surface area is 138 Å². The van der Waals surface area contributed by atoms with Gasteiger partial charge in [0.2, 0.25) is 0 Å². The van der Waals surface area contributed by atoms with Gasteiger partial charge in [-0.3, -0.25) is 0 Å². The number of aliphatic hydroxyl groups excluding tert-OH is 1. The Morgan fingerprint density at radius 2 is 1.95 bits per heavy atom. The molecule has 3 nitrogen and oxygen atoms in total. The normalized spacial score (nSPS) is 12.0. The minimum atomic E-state index is -0.186. The van der Waals surface area contributed by atoms with Gasteiger partial charge in [-0.2, -0.15) is 0 Å². The van der Waals surface area contributed by atoms with Crippen LogP contribution < -0.4 is 10.1 Å². The Hall–Kier alpha value is -1.23. The maximum atomic E-state index is 9.61. The second-order valence-electron chi connectivity index (χ2n) is 4.51. The van der Waals surface area contributed by atoms with Crippen LogP contribution >= 0.6 is 27.5 Å². The van der Waals surface area contributed by atoms with Crippen LogP contribution in [0, 0.1) is 0 Å². The zero-order valence-electron chi connectivity index (χ0n) is 11.6. The SMILES string of the molecule is CCOc1ccc(C(CO)Nc2ccc(Cl)c(Br)c2)cc1. The van der Waals surface area contributed by atoms with Crippen LogP contribution in [0.5, 0.6) is 5.75 Å². The fraction of sp³-hybridized carbons (Fsp3) is 0.250. The summed E-state index contributed by atoms with van der Waals surface area (Å²) in [4.78, 5) is 0. The maximum absolute atomic E-state index is 9.61. The molecule has 0 bridgehead atoms. The second-order valence-corrected chi connectivity index (χ2v) is 5.77. The molecule has 0 aromatic heterocycles. The van der Waals surface area contributed by atoms with Crippen LogP contribution in [-0.2, 0) is 0 Å². The van der Waals surface area contributed by atoms with E-state index < -0.39 is 0 Å². The fourth-order valence-corrected chi connectivity index (χ4v) is 2.48. The van der Waals surface area contributed by atoms with Crippen LogP contribution in [0.4, 0.5) is 5.69 Å². The number of nitrogens with one attached hydrogen (secondary N) is 1. The summed E-state index contributed by atoms with van der Waals surface area (Å²) in [5.41, 5.74) is 1.88. The van der Waals surface area contributed by atoms with Gasteiger partial charge in [0.1, 0.15) is 5.75 Å². The zero-order valence-corrected chi connectivity index (χ0v) is 14.0. The van der Waals surface area contributed by atoms with Gasteiger partial charge in [0.15, 0.2) is 0 Å². The molecule has 2 aromatic carbocycles. The number of aliphatic hydroxyl groups is 1. The molecule has 2 rings (SSSR count). The molecule has 2 aromatic rings. The fourth-order valence-electron chi connectivity index (χ4n) is 1.98. The van der Waals surface area contributed by atoms with Crippen molar-refractivity contribution in [3.63, 3.8) is 0 Å². The monoisotopic (exact) mass is 369 g/mol. The zero-order chi connectivity index (χ0) is 15.2. The average Bonchev–Trinajstić information content (AvgIpc) is 2.50. The van der Waals surface area contributed by atoms with Gasteiger partial charge in [0.25, 0.3) is 0 Å². The average molecular weight is 371 g/mol. The second kappa shape index (κ2) is 7.69. The number of halogens is 2. The highest BCUT2D eigenvalue weighted by atomic mass is 79.9. The van der Waals surface area contributed by atoms with Crippen LogP contribution in [0.25, 0.3) is 0 Å². The van der Waals surface area contributed by atoms with Crippen molar-refractivity contribution in [2.75, 3.05) is 18.5 Å². The molecule has 0 aliphatic heterocycles. The maximum Gasteiger partial charge on any atom is 0.119 e. The first-order chi connectivity index (χ1) is 10.1. The third-order valence-corrected chi connectivity index (χ3v) is 4.25. The van der Waals surface area contributed by atoms with Crippen molar-refractivity contribution >= 4 is 33.2 Å². The van der Waals surface area contributed by atoms with Crippen LogP contribution in [0.1, 0.15) is 18.5 Å². The molecule has 0 saturated carbocycles. The van der Waals surface area contributed by atoms with Gasteiger partial charge in [-0.05, 0) is 58.7 Å². The lowest BCUT2D eigenvalue weighted by molar-refractivity contribution is 0.276. The van der Waals surface area contributed by atoms with E-state index in [1.165, 1.54) is 0 Å². The minimum absolute atomic E-state index is 0.00573. The lowest BCUT2D eigenvalue weighted by Gasteiger charge is -2.19. The Kier molecular flexibility index (Phi) is 5.91. The molecule has 112 valence electrons. The summed E-state index contributed by atoms with van der Waals surface area (Å²) in [6, 6.07) is 13.1. The van der Waals surface area contributed by atoms with E-state index in [2.05, 4.69) is 21.2 Å². The summed E-state index contributed by atoms with van der Waals surface area (Å²) in [5.74, 6) is 0.826. The van der Waals surface area contributed by atoms with Crippen molar-refractivity contribution in [3.05, 3.63) is 57.5 Å². The third kappa shape index (κ3) is 4.37. The van der Waals surface area contributed by atoms with Crippen LogP contribution in [-0.4, -0.2) is 18.3 Å². The van der Waals surface area contributed by atoms with Crippen LogP contribution in [0.3, 0.4) is 0 Å². The standard InChI is InChI=1S/C16H17BrClNO2/c1-2-21-13-6-3-11(4-7-13)16(10-20)19-12-5-8-15(18)14(17)9-12/h3-9,16,19-20H,2,10H2,1H3. The first-order valence-electron chi connectivity index (χ1n) is 6.69. The van der Waals surface area contributed by atoms with Gasteiger partial charge in [0.05, 0.1) is 24.3 Å². The Morgan fingerprint density at radius 3 is 2.52 bits per heavy atom. The van der Waals surface area contributed by atoms with Gasteiger partial charge in [-0.25, -0.2) is 0 Å². The van der Waals surface area contributed by atoms with Crippen molar-refractivity contribution in [2.24, 2.45) is 0 Å². The van der Waals surface area contributed by atoms with Crippen molar-refractivity contribution in [1.82, 2.24) is 0 Å². The summed E-state index contributed by atoms with van der Waals surface area (Å²) < 4.78 is 6.23. The summed E-state index contributed by atoms with van der Waals surface area (Å²) in [6.07, 6.45) is 0. The quantitative estimate of drug-likeness (QED) is 0.778. The smallest absolute Gasteiger partial charge is 0.119 e. The predicted octanol–water partition coefficient (Wildman–Crippen LogP) is 4.65. The summed E-state index contributed by atoms with van der Waals surface area (Å²) in [5, 5.41) is 13.5. The van der Waals surface area contributed by atoms with E-state index in [0.29, 0.717) is 11.6 Å². The van der Waals surface area contributed by atoms with E-state index in [0.717, 1.165) is 21.5 Å². The highest BCUT2D eigenvalue weighted by molar-refractivity contribution is 9.10. The predicted molar refractivity (Wildman–Crippen MR) is 90.2 cm³/mol. The molecule has 0 fully saturated rings. The molecule has 0 heterocycles. The summed E-state index contributed by atoms with van der Waals surface area (Å²) in [6.45, 7) is 2.58. The van der Waals surface area contributed by atoms with Gasteiger partial charge < -0.3 is 15.2 Å². The highest BCUT2D eigenvalue weighted by Gasteiger charge is 2.11. The Morgan fingerprint density at radius 1 is 1.24 bits per heavy atom. The van der Waals surface area contributed by atoms with E-state index in [1.807, 2.05) is 43.3 Å². The van der Waals surface area contributed by atoms with Crippen LogP contribution in [0.2, 0.25) is 5.02 Å². The summed E-state index contributed by atoms with van der Waals surface area (Å²) in [7, 11) is 0. The van der Waals surface area contributed by atoms with Gasteiger partial charge in [-0.1, -0.05) is 23.7 Å². The molecule has 0 amide bonds. The molecule has 1 unspecified atom stereocenters. The third-order valence-electron chi connectivity index (χ3n) is 3.04. The van der Waals surface area contributed by atoms with Gasteiger partial charge in [0, 0.05) is 10.2 Å². The van der Waals surface area contributed by atoms with Crippen molar-refractivity contribution < 1.29 is 9.84 Å². The first kappa shape index (κ1) is 16.1. The number of hydrogen-bond donors (Lipinski definition) is 2. The highest BCUT2D eigenvalue weighted by Crippen LogP contribution is 2.28. The number of benzene rings is 2. The molecular formula is C16H17BrClNO2. The molecular weight excluding hydrogens is 354 g/mol. The van der Waals surface area contributed by atoms with E-state index in [1.54, 1.807) is 6.07 Å². The number of rotatable bonds is 6. The molecule has 5 heteroatoms. The van der Waals surface area contributed by atoms with Crippen molar-refractivity contribution in [1.29, 1.82) is 0 Å². The summed E-state index contributed by atoms with van der Waals surface area (Å²) >= 11 is 9.37. The van der Waals surface area contributed by atoms with E-state index >= 15 is 0 Å². The number of anilines is 1. The molecule has 0 spiro atoms. The topological polar surface area (TPSA) is 41.5 Å². The Balaban J connectivity index is 2.13. The molecule has 1 atom stereocenters. The molecule has 2 N–H and O–H groups in total. The lowest BCUT2D eigenvalue weighted by Crippen LogP contribution is -2.14. The van der Waals surface area contributed by atoms with Crippen LogP contribution in [0.15, 0.2) is 46.9 Å². The van der Waals surface area contributed by atoms with Crippen molar-refractivity contribution in [3.8, 4) is 5.75 Å². The largest absolute Gasteiger partial charge is 0.494 e. The van der Waals surface area contributed by atoms with E-state index in [4.69, 9.17) is 16.3 Å². The van der Waals surface area contributed by atoms with E-state index in [-0.39, 0.29) is 12.6 Å². The van der Waals surface area contributed by atoms with Gasteiger partial charge >= 0.3 is 0 Å². The number of ether oxygens (including phenoxy) is 1. The van der Waals surface area contributed by atoms with Crippen molar-refractivity contribution in [2.45, 2.75) is 13.0 Å². The van der Waals surface area contributed by atoms with E-state index in [9.17, 15) is 5.11 Å². The molecule has 0 aliphatic carbocycles. The molecule has 0 aliphatic rings. The lowest BCUT2D eigenvalue weighted by atomic mass is 10.1. The van der Waals surface area contributed by atoms with Gasteiger partial charge in [-0.15, -0.1) is 0 Å². The number of hydrogen-bond acceptors (Lipinski definition) is 3. The Bertz CT molecular complexity index is 589. The minimum Gasteiger partial charge on any atom is -0.494 e. The molecule has 0 radical (unpaired) electrons. The molecule has 0 saturated heterocycles.